The van der Waals surface area contributed by atoms with Crippen molar-refractivity contribution < 1.29 is 4.39 Å². The number of aromatic nitrogens is 4. The fraction of sp³-hybridized carbons (Fsp3) is 0.105. The fourth-order valence-electron chi connectivity index (χ4n) is 2.59. The summed E-state index contributed by atoms with van der Waals surface area (Å²) < 4.78 is 15.8. The largest absolute Gasteiger partial charge is 0.305 e. The second-order valence-corrected chi connectivity index (χ2v) is 7.97. The zero-order valence-corrected chi connectivity index (χ0v) is 16.7. The van der Waals surface area contributed by atoms with Crippen LogP contribution < -0.4 is 0 Å². The van der Waals surface area contributed by atoms with Crippen molar-refractivity contribution in [1.29, 1.82) is 0 Å². The molecule has 0 unspecified atom stereocenters. The molecule has 0 aliphatic rings. The summed E-state index contributed by atoms with van der Waals surface area (Å²) in [5, 5.41) is 12.6. The van der Waals surface area contributed by atoms with Crippen molar-refractivity contribution in [3.05, 3.63) is 70.4 Å². The Bertz CT molecular complexity index is 1090. The van der Waals surface area contributed by atoms with Crippen LogP contribution in [-0.4, -0.2) is 19.7 Å². The highest BCUT2D eigenvalue weighted by Gasteiger charge is 2.15. The maximum absolute atomic E-state index is 14.0. The minimum atomic E-state index is -0.312. The monoisotopic (exact) mass is 416 g/mol. The lowest BCUT2D eigenvalue weighted by molar-refractivity contribution is 0.628. The van der Waals surface area contributed by atoms with E-state index in [2.05, 4.69) is 15.2 Å². The standard InChI is InChI=1S/C19H14ClFN4S2/c1-25-17(14-7-3-5-9-16(14)21)23-24-19(25)27-11-12-10-26-18(22-12)13-6-2-4-8-15(13)20/h2-10H,11H2,1H3. The molecule has 8 heteroatoms. The molecule has 0 N–H and O–H groups in total. The fourth-order valence-corrected chi connectivity index (χ4v) is 4.64. The first-order valence-electron chi connectivity index (χ1n) is 8.10. The number of thiazole rings is 1. The van der Waals surface area contributed by atoms with Gasteiger partial charge in [0.05, 0.1) is 16.3 Å². The Morgan fingerprint density at radius 3 is 2.59 bits per heavy atom. The van der Waals surface area contributed by atoms with E-state index in [0.717, 1.165) is 16.3 Å². The lowest BCUT2D eigenvalue weighted by atomic mass is 10.2. The first-order valence-corrected chi connectivity index (χ1v) is 10.3. The van der Waals surface area contributed by atoms with Crippen molar-refractivity contribution in [2.75, 3.05) is 0 Å². The molecule has 0 spiro atoms. The highest BCUT2D eigenvalue weighted by molar-refractivity contribution is 7.98. The minimum absolute atomic E-state index is 0.312. The van der Waals surface area contributed by atoms with Crippen LogP contribution in [0.1, 0.15) is 5.69 Å². The SMILES string of the molecule is Cn1c(SCc2csc(-c3ccccc3Cl)n2)nnc1-c1ccccc1F. The van der Waals surface area contributed by atoms with Gasteiger partial charge in [-0.15, -0.1) is 21.5 Å². The number of rotatable bonds is 5. The molecule has 4 aromatic rings. The normalized spacial score (nSPS) is 11.1. The summed E-state index contributed by atoms with van der Waals surface area (Å²) in [6, 6.07) is 14.2. The average Bonchev–Trinajstić information content (AvgIpc) is 3.28. The summed E-state index contributed by atoms with van der Waals surface area (Å²) in [4.78, 5) is 4.66. The third kappa shape index (κ3) is 3.76. The molecule has 27 heavy (non-hydrogen) atoms. The van der Waals surface area contributed by atoms with E-state index >= 15 is 0 Å². The van der Waals surface area contributed by atoms with Crippen LogP contribution in [0.15, 0.2) is 59.1 Å². The number of halogens is 2. The van der Waals surface area contributed by atoms with Crippen LogP contribution in [0.2, 0.25) is 5.02 Å². The van der Waals surface area contributed by atoms with Crippen molar-refractivity contribution in [2.45, 2.75) is 10.9 Å². The Balaban J connectivity index is 1.51. The van der Waals surface area contributed by atoms with Crippen LogP contribution in [0, 0.1) is 5.82 Å². The molecule has 0 fully saturated rings. The molecule has 4 nitrogen and oxygen atoms in total. The predicted octanol–water partition coefficient (Wildman–Crippen LogP) is 5.69. The van der Waals surface area contributed by atoms with Crippen LogP contribution in [0.3, 0.4) is 0 Å². The van der Waals surface area contributed by atoms with E-state index < -0.39 is 0 Å². The molecule has 4 rings (SSSR count). The smallest absolute Gasteiger partial charge is 0.191 e. The van der Waals surface area contributed by atoms with E-state index in [1.54, 1.807) is 34.1 Å². The van der Waals surface area contributed by atoms with Crippen LogP contribution in [0.5, 0.6) is 0 Å². The molecule has 0 aliphatic carbocycles. The molecule has 136 valence electrons. The van der Waals surface area contributed by atoms with Gasteiger partial charge in [-0.1, -0.05) is 53.7 Å². The third-order valence-electron chi connectivity index (χ3n) is 3.95. The van der Waals surface area contributed by atoms with Gasteiger partial charge >= 0.3 is 0 Å². The van der Waals surface area contributed by atoms with Gasteiger partial charge in [0.2, 0.25) is 0 Å². The van der Waals surface area contributed by atoms with Crippen LogP contribution in [0.4, 0.5) is 4.39 Å². The molecule has 2 aromatic carbocycles. The lowest BCUT2D eigenvalue weighted by Gasteiger charge is -2.04. The number of thioether (sulfide) groups is 1. The summed E-state index contributed by atoms with van der Waals surface area (Å²) in [5.41, 5.74) is 2.31. The van der Waals surface area contributed by atoms with E-state index in [-0.39, 0.29) is 5.82 Å². The molecule has 0 atom stereocenters. The summed E-state index contributed by atoms with van der Waals surface area (Å²) in [5.74, 6) is 0.837. The second-order valence-electron chi connectivity index (χ2n) is 5.76. The minimum Gasteiger partial charge on any atom is -0.305 e. The van der Waals surface area contributed by atoms with E-state index in [1.807, 2.05) is 36.7 Å². The van der Waals surface area contributed by atoms with Gasteiger partial charge in [-0.25, -0.2) is 9.37 Å². The topological polar surface area (TPSA) is 43.6 Å². The van der Waals surface area contributed by atoms with Gasteiger partial charge in [-0.2, -0.15) is 0 Å². The first kappa shape index (κ1) is 18.2. The molecule has 0 saturated carbocycles. The molecule has 2 aromatic heterocycles. The average molecular weight is 417 g/mol. The first-order chi connectivity index (χ1) is 13.1. The van der Waals surface area contributed by atoms with Gasteiger partial charge in [-0.3, -0.25) is 0 Å². The Labute approximate surface area is 169 Å². The highest BCUT2D eigenvalue weighted by Crippen LogP contribution is 2.32. The molecular weight excluding hydrogens is 403 g/mol. The molecule has 0 saturated heterocycles. The van der Waals surface area contributed by atoms with E-state index in [4.69, 9.17) is 11.6 Å². The second kappa shape index (κ2) is 7.80. The Morgan fingerprint density at radius 1 is 1.07 bits per heavy atom. The van der Waals surface area contributed by atoms with Crippen molar-refractivity contribution in [3.8, 4) is 22.0 Å². The van der Waals surface area contributed by atoms with Crippen molar-refractivity contribution >= 4 is 34.7 Å². The number of benzene rings is 2. The zero-order chi connectivity index (χ0) is 18.8. The lowest BCUT2D eigenvalue weighted by Crippen LogP contribution is -1.96. The van der Waals surface area contributed by atoms with E-state index in [0.29, 0.717) is 27.3 Å². The van der Waals surface area contributed by atoms with Crippen molar-refractivity contribution in [3.63, 3.8) is 0 Å². The number of hydrogen-bond acceptors (Lipinski definition) is 5. The van der Waals surface area contributed by atoms with Gasteiger partial charge in [0, 0.05) is 23.7 Å². The maximum atomic E-state index is 14.0. The van der Waals surface area contributed by atoms with Gasteiger partial charge < -0.3 is 4.57 Å². The summed E-state index contributed by atoms with van der Waals surface area (Å²) in [6.45, 7) is 0. The van der Waals surface area contributed by atoms with E-state index in [9.17, 15) is 4.39 Å². The number of hydrogen-bond donors (Lipinski definition) is 0. The number of nitrogens with zero attached hydrogens (tertiary/aromatic N) is 4. The Morgan fingerprint density at radius 2 is 1.81 bits per heavy atom. The molecule has 2 heterocycles. The van der Waals surface area contributed by atoms with E-state index in [1.165, 1.54) is 17.8 Å². The quantitative estimate of drug-likeness (QED) is 0.392. The third-order valence-corrected chi connectivity index (χ3v) is 6.26. The predicted molar refractivity (Wildman–Crippen MR) is 109 cm³/mol. The Kier molecular flexibility index (Phi) is 5.24. The van der Waals surface area contributed by atoms with Gasteiger partial charge in [0.1, 0.15) is 10.8 Å². The van der Waals surface area contributed by atoms with Gasteiger partial charge in [-0.05, 0) is 18.2 Å². The van der Waals surface area contributed by atoms with Gasteiger partial charge in [0.25, 0.3) is 0 Å². The van der Waals surface area contributed by atoms with Crippen molar-refractivity contribution in [2.24, 2.45) is 7.05 Å². The molecule has 0 radical (unpaired) electrons. The summed E-state index contributed by atoms with van der Waals surface area (Å²) >= 11 is 9.32. The zero-order valence-electron chi connectivity index (χ0n) is 14.3. The van der Waals surface area contributed by atoms with Crippen LogP contribution in [-0.2, 0) is 12.8 Å². The Hall–Kier alpha value is -2.22. The van der Waals surface area contributed by atoms with Gasteiger partial charge in [0.15, 0.2) is 11.0 Å². The summed E-state index contributed by atoms with van der Waals surface area (Å²) in [7, 11) is 1.83. The van der Waals surface area contributed by atoms with Crippen LogP contribution >= 0.6 is 34.7 Å². The van der Waals surface area contributed by atoms with Crippen LogP contribution in [0.25, 0.3) is 22.0 Å². The summed E-state index contributed by atoms with van der Waals surface area (Å²) in [6.07, 6.45) is 0. The maximum Gasteiger partial charge on any atom is 0.191 e. The highest BCUT2D eigenvalue weighted by atomic mass is 35.5. The van der Waals surface area contributed by atoms with Crippen molar-refractivity contribution in [1.82, 2.24) is 19.7 Å². The molecular formula is C19H14ClFN4S2. The molecule has 0 aliphatic heterocycles. The molecule has 0 amide bonds. The molecule has 0 bridgehead atoms.